The SMILES string of the molecule is CN=C(NCCc1nc(C(F)(F)F)cs1)N1CCC(O)CC1. The van der Waals surface area contributed by atoms with Crippen LogP contribution in [0.5, 0.6) is 0 Å². The van der Waals surface area contributed by atoms with Crippen molar-refractivity contribution in [3.05, 3.63) is 16.1 Å². The van der Waals surface area contributed by atoms with Gasteiger partial charge >= 0.3 is 6.18 Å². The average Bonchev–Trinajstić information content (AvgIpc) is 2.94. The van der Waals surface area contributed by atoms with Crippen LogP contribution in [-0.2, 0) is 12.6 Å². The number of aromatic nitrogens is 1. The highest BCUT2D eigenvalue weighted by atomic mass is 32.1. The summed E-state index contributed by atoms with van der Waals surface area (Å²) in [7, 11) is 1.67. The van der Waals surface area contributed by atoms with Gasteiger partial charge in [0.05, 0.1) is 11.1 Å². The fourth-order valence-electron chi connectivity index (χ4n) is 2.25. The van der Waals surface area contributed by atoms with Gasteiger partial charge in [-0.3, -0.25) is 4.99 Å². The molecule has 1 aromatic rings. The van der Waals surface area contributed by atoms with Gasteiger partial charge in [-0.15, -0.1) is 11.3 Å². The summed E-state index contributed by atoms with van der Waals surface area (Å²) in [6.07, 6.45) is -2.83. The first-order chi connectivity index (χ1) is 10.4. The lowest BCUT2D eigenvalue weighted by Crippen LogP contribution is -2.47. The van der Waals surface area contributed by atoms with Crippen molar-refractivity contribution in [1.29, 1.82) is 0 Å². The Balaban J connectivity index is 1.81. The summed E-state index contributed by atoms with van der Waals surface area (Å²) in [6.45, 7) is 1.91. The fraction of sp³-hybridized carbons (Fsp3) is 0.692. The summed E-state index contributed by atoms with van der Waals surface area (Å²) >= 11 is 1.01. The molecule has 1 aliphatic rings. The van der Waals surface area contributed by atoms with Crippen LogP contribution < -0.4 is 5.32 Å². The van der Waals surface area contributed by atoms with Gasteiger partial charge in [0, 0.05) is 38.5 Å². The van der Waals surface area contributed by atoms with Gasteiger partial charge in [0.1, 0.15) is 0 Å². The third-order valence-electron chi connectivity index (χ3n) is 3.44. The molecule has 0 spiro atoms. The third kappa shape index (κ3) is 4.57. The Kier molecular flexibility index (Phi) is 5.63. The van der Waals surface area contributed by atoms with E-state index in [1.165, 1.54) is 0 Å². The quantitative estimate of drug-likeness (QED) is 0.652. The number of aliphatic hydroxyl groups is 1. The molecule has 5 nitrogen and oxygen atoms in total. The maximum Gasteiger partial charge on any atom is 0.434 e. The van der Waals surface area contributed by atoms with Gasteiger partial charge in [-0.1, -0.05) is 0 Å². The van der Waals surface area contributed by atoms with E-state index in [1.807, 2.05) is 4.90 Å². The number of halogens is 3. The lowest BCUT2D eigenvalue weighted by atomic mass is 10.1. The number of aliphatic imine (C=N–C) groups is 1. The van der Waals surface area contributed by atoms with E-state index in [1.54, 1.807) is 7.05 Å². The first-order valence-electron chi connectivity index (χ1n) is 7.05. The molecule has 1 fully saturated rings. The summed E-state index contributed by atoms with van der Waals surface area (Å²) in [4.78, 5) is 9.80. The first-order valence-corrected chi connectivity index (χ1v) is 7.93. The molecular weight excluding hydrogens is 317 g/mol. The molecule has 22 heavy (non-hydrogen) atoms. The zero-order valence-electron chi connectivity index (χ0n) is 12.2. The van der Waals surface area contributed by atoms with Gasteiger partial charge in [-0.05, 0) is 12.8 Å². The molecule has 1 aliphatic heterocycles. The Labute approximate surface area is 130 Å². The van der Waals surface area contributed by atoms with Crippen LogP contribution in [0.1, 0.15) is 23.5 Å². The van der Waals surface area contributed by atoms with Gasteiger partial charge in [0.25, 0.3) is 0 Å². The number of nitrogens with one attached hydrogen (secondary N) is 1. The lowest BCUT2D eigenvalue weighted by molar-refractivity contribution is -0.140. The van der Waals surface area contributed by atoms with E-state index in [-0.39, 0.29) is 6.10 Å². The Bertz CT molecular complexity index is 510. The summed E-state index contributed by atoms with van der Waals surface area (Å²) in [5.41, 5.74) is -0.832. The maximum atomic E-state index is 12.5. The fourth-order valence-corrected chi connectivity index (χ4v) is 3.05. The minimum atomic E-state index is -4.38. The second kappa shape index (κ2) is 7.28. The highest BCUT2D eigenvalue weighted by Crippen LogP contribution is 2.29. The number of hydrogen-bond acceptors (Lipinski definition) is 4. The van der Waals surface area contributed by atoms with E-state index in [0.29, 0.717) is 36.8 Å². The second-order valence-electron chi connectivity index (χ2n) is 5.07. The maximum absolute atomic E-state index is 12.5. The van der Waals surface area contributed by atoms with Crippen LogP contribution in [-0.4, -0.2) is 53.7 Å². The minimum Gasteiger partial charge on any atom is -0.393 e. The van der Waals surface area contributed by atoms with Gasteiger partial charge in [-0.2, -0.15) is 13.2 Å². The Hall–Kier alpha value is -1.35. The number of aliphatic hydroxyl groups excluding tert-OH is 1. The average molecular weight is 336 g/mol. The Morgan fingerprint density at radius 2 is 2.18 bits per heavy atom. The molecule has 9 heteroatoms. The number of hydrogen-bond donors (Lipinski definition) is 2. The molecule has 0 amide bonds. The molecule has 0 saturated carbocycles. The van der Waals surface area contributed by atoms with Crippen LogP contribution in [0.15, 0.2) is 10.4 Å². The predicted molar refractivity (Wildman–Crippen MR) is 79.0 cm³/mol. The molecule has 0 unspecified atom stereocenters. The van der Waals surface area contributed by atoms with Crippen LogP contribution in [0.25, 0.3) is 0 Å². The number of rotatable bonds is 3. The third-order valence-corrected chi connectivity index (χ3v) is 4.35. The summed E-state index contributed by atoms with van der Waals surface area (Å²) < 4.78 is 37.4. The lowest BCUT2D eigenvalue weighted by Gasteiger charge is -2.32. The molecule has 2 N–H and O–H groups in total. The van der Waals surface area contributed by atoms with E-state index in [0.717, 1.165) is 29.8 Å². The molecular formula is C13H19F3N4OS. The molecule has 0 radical (unpaired) electrons. The van der Waals surface area contributed by atoms with Crippen LogP contribution >= 0.6 is 11.3 Å². The smallest absolute Gasteiger partial charge is 0.393 e. The van der Waals surface area contributed by atoms with Crippen molar-refractivity contribution in [2.75, 3.05) is 26.7 Å². The Morgan fingerprint density at radius 1 is 1.50 bits per heavy atom. The topological polar surface area (TPSA) is 60.8 Å². The van der Waals surface area contributed by atoms with E-state index in [2.05, 4.69) is 15.3 Å². The zero-order chi connectivity index (χ0) is 16.2. The molecule has 0 aromatic carbocycles. The molecule has 1 aromatic heterocycles. The highest BCUT2D eigenvalue weighted by molar-refractivity contribution is 7.09. The normalized spacial score (nSPS) is 17.9. The van der Waals surface area contributed by atoms with E-state index in [9.17, 15) is 18.3 Å². The van der Waals surface area contributed by atoms with Crippen LogP contribution in [0.2, 0.25) is 0 Å². The number of alkyl halides is 3. The molecule has 124 valence electrons. The molecule has 2 rings (SSSR count). The van der Waals surface area contributed by atoms with Crippen molar-refractivity contribution in [2.45, 2.75) is 31.5 Å². The minimum absolute atomic E-state index is 0.259. The summed E-state index contributed by atoms with van der Waals surface area (Å²) in [5.74, 6) is 0.708. The van der Waals surface area contributed by atoms with Gasteiger partial charge in [0.2, 0.25) is 0 Å². The van der Waals surface area contributed by atoms with Gasteiger partial charge in [-0.25, -0.2) is 4.98 Å². The number of likely N-dealkylation sites (tertiary alicyclic amines) is 1. The van der Waals surface area contributed by atoms with Crippen LogP contribution in [0.3, 0.4) is 0 Å². The number of thiazole rings is 1. The summed E-state index contributed by atoms with van der Waals surface area (Å²) in [6, 6.07) is 0. The van der Waals surface area contributed by atoms with Crippen molar-refractivity contribution in [2.24, 2.45) is 4.99 Å². The van der Waals surface area contributed by atoms with Gasteiger partial charge in [0.15, 0.2) is 11.7 Å². The van der Waals surface area contributed by atoms with Crippen molar-refractivity contribution in [3.8, 4) is 0 Å². The highest BCUT2D eigenvalue weighted by Gasteiger charge is 2.33. The van der Waals surface area contributed by atoms with Crippen molar-refractivity contribution < 1.29 is 18.3 Å². The van der Waals surface area contributed by atoms with Crippen LogP contribution in [0.4, 0.5) is 13.2 Å². The number of guanidine groups is 1. The molecule has 2 heterocycles. The van der Waals surface area contributed by atoms with Crippen LogP contribution in [0, 0.1) is 0 Å². The van der Waals surface area contributed by atoms with Gasteiger partial charge < -0.3 is 15.3 Å². The monoisotopic (exact) mass is 336 g/mol. The van der Waals surface area contributed by atoms with Crippen molar-refractivity contribution >= 4 is 17.3 Å². The van der Waals surface area contributed by atoms with E-state index < -0.39 is 11.9 Å². The van der Waals surface area contributed by atoms with Crippen molar-refractivity contribution in [1.82, 2.24) is 15.2 Å². The number of piperidine rings is 1. The predicted octanol–water partition coefficient (Wildman–Crippen LogP) is 1.74. The zero-order valence-corrected chi connectivity index (χ0v) is 13.0. The first kappa shape index (κ1) is 17.0. The Morgan fingerprint density at radius 3 is 2.73 bits per heavy atom. The molecule has 0 bridgehead atoms. The van der Waals surface area contributed by atoms with E-state index >= 15 is 0 Å². The van der Waals surface area contributed by atoms with Crippen molar-refractivity contribution in [3.63, 3.8) is 0 Å². The molecule has 0 atom stereocenters. The second-order valence-corrected chi connectivity index (χ2v) is 6.01. The number of nitrogens with zero attached hydrogens (tertiary/aromatic N) is 3. The molecule has 1 saturated heterocycles. The largest absolute Gasteiger partial charge is 0.434 e. The molecule has 0 aliphatic carbocycles. The van der Waals surface area contributed by atoms with E-state index in [4.69, 9.17) is 0 Å². The standard InChI is InChI=1S/C13H19F3N4OS/c1-17-12(20-6-3-9(21)4-7-20)18-5-2-11-19-10(8-22-11)13(14,15)16/h8-9,21H,2-7H2,1H3,(H,17,18). The summed E-state index contributed by atoms with van der Waals surface area (Å²) in [5, 5.41) is 14.1.